The summed E-state index contributed by atoms with van der Waals surface area (Å²) in [6, 6.07) is 14.3. The van der Waals surface area contributed by atoms with Gasteiger partial charge in [0.05, 0.1) is 17.1 Å². The molecule has 2 fully saturated rings. The minimum atomic E-state index is 0.0743. The van der Waals surface area contributed by atoms with Gasteiger partial charge in [0.1, 0.15) is 5.75 Å². The van der Waals surface area contributed by atoms with Gasteiger partial charge in [-0.1, -0.05) is 29.8 Å². The zero-order chi connectivity index (χ0) is 19.7. The average molecular weight is 464 g/mol. The molecule has 6 heteroatoms. The van der Waals surface area contributed by atoms with Crippen LogP contribution in [-0.2, 0) is 0 Å². The number of carbonyl (C=O) groups excluding carboxylic acids is 1. The van der Waals surface area contributed by atoms with Gasteiger partial charge in [-0.3, -0.25) is 9.69 Å². The number of hydrogen-bond acceptors (Lipinski definition) is 3. The lowest BCUT2D eigenvalue weighted by molar-refractivity contribution is 0.0328. The van der Waals surface area contributed by atoms with Crippen LogP contribution in [0.2, 0.25) is 5.02 Å². The van der Waals surface area contributed by atoms with E-state index in [0.29, 0.717) is 23.3 Å². The van der Waals surface area contributed by atoms with Crippen LogP contribution in [0.4, 0.5) is 0 Å². The van der Waals surface area contributed by atoms with E-state index in [9.17, 15) is 4.79 Å². The Kier molecular flexibility index (Phi) is 5.95. The van der Waals surface area contributed by atoms with E-state index < -0.39 is 0 Å². The van der Waals surface area contributed by atoms with Gasteiger partial charge in [0.2, 0.25) is 0 Å². The maximum Gasteiger partial charge on any atom is 0.255 e. The summed E-state index contributed by atoms with van der Waals surface area (Å²) in [5.74, 6) is 1.31. The first-order valence-electron chi connectivity index (χ1n) is 9.68. The fourth-order valence-electron chi connectivity index (χ4n) is 4.37. The van der Waals surface area contributed by atoms with Gasteiger partial charge in [-0.25, -0.2) is 0 Å². The zero-order valence-corrected chi connectivity index (χ0v) is 18.2. The predicted octanol–water partition coefficient (Wildman–Crippen LogP) is 4.82. The number of methoxy groups -OCH3 is 1. The maximum absolute atomic E-state index is 13.1. The molecule has 2 heterocycles. The summed E-state index contributed by atoms with van der Waals surface area (Å²) in [6.07, 6.45) is 2.25. The molecule has 0 bridgehead atoms. The van der Waals surface area contributed by atoms with E-state index >= 15 is 0 Å². The molecular formula is C22H24BrClN2O2. The molecule has 2 aromatic rings. The summed E-state index contributed by atoms with van der Waals surface area (Å²) >= 11 is 9.55. The minimum absolute atomic E-state index is 0.0743. The van der Waals surface area contributed by atoms with Gasteiger partial charge in [-0.2, -0.15) is 0 Å². The number of rotatable bonds is 3. The normalized spacial score (nSPS) is 22.6. The highest BCUT2D eigenvalue weighted by Crippen LogP contribution is 2.34. The Morgan fingerprint density at radius 1 is 1.11 bits per heavy atom. The lowest BCUT2D eigenvalue weighted by atomic mass is 9.86. The third-order valence-corrected chi connectivity index (χ3v) is 7.02. The monoisotopic (exact) mass is 462 g/mol. The van der Waals surface area contributed by atoms with Gasteiger partial charge < -0.3 is 9.64 Å². The van der Waals surface area contributed by atoms with Gasteiger partial charge in [-0.05, 0) is 64.5 Å². The van der Waals surface area contributed by atoms with E-state index in [1.165, 1.54) is 5.56 Å². The molecule has 0 spiro atoms. The highest BCUT2D eigenvalue weighted by Gasteiger charge is 2.35. The Morgan fingerprint density at radius 2 is 1.89 bits per heavy atom. The molecule has 4 nitrogen and oxygen atoms in total. The minimum Gasteiger partial charge on any atom is -0.496 e. The Labute approximate surface area is 179 Å². The number of benzene rings is 2. The fourth-order valence-corrected chi connectivity index (χ4v) is 5.09. The molecule has 0 N–H and O–H groups in total. The van der Waals surface area contributed by atoms with Crippen LogP contribution in [-0.4, -0.2) is 55.0 Å². The first kappa shape index (κ1) is 19.7. The molecule has 0 radical (unpaired) electrons. The first-order valence-corrected chi connectivity index (χ1v) is 10.8. The first-order chi connectivity index (χ1) is 13.6. The fraction of sp³-hybridized carbons (Fsp3) is 0.409. The van der Waals surface area contributed by atoms with Crippen LogP contribution in [0.15, 0.2) is 46.9 Å². The predicted molar refractivity (Wildman–Crippen MR) is 115 cm³/mol. The maximum atomic E-state index is 13.1. The Hall–Kier alpha value is -1.56. The van der Waals surface area contributed by atoms with Gasteiger partial charge in [0.15, 0.2) is 0 Å². The van der Waals surface area contributed by atoms with Gasteiger partial charge in [-0.15, -0.1) is 0 Å². The van der Waals surface area contributed by atoms with Crippen molar-refractivity contribution in [2.24, 2.45) is 0 Å². The summed E-state index contributed by atoms with van der Waals surface area (Å²) in [7, 11) is 1.62. The van der Waals surface area contributed by atoms with Crippen molar-refractivity contribution >= 4 is 33.4 Å². The number of ether oxygens (including phenoxy) is 1. The molecule has 2 aliphatic heterocycles. The van der Waals surface area contributed by atoms with Crippen LogP contribution in [0.5, 0.6) is 5.75 Å². The number of nitrogens with zero attached hydrogens (tertiary/aromatic N) is 2. The average Bonchev–Trinajstić information content (AvgIpc) is 2.73. The number of fused-ring (bicyclic) bond motifs is 1. The molecule has 0 saturated carbocycles. The number of carbonyl (C=O) groups is 1. The number of halogens is 2. The van der Waals surface area contributed by atoms with Crippen LogP contribution in [0.25, 0.3) is 0 Å². The van der Waals surface area contributed by atoms with E-state index in [0.717, 1.165) is 48.5 Å². The molecule has 2 atom stereocenters. The summed E-state index contributed by atoms with van der Waals surface area (Å²) in [5, 5.41) is 0.785. The SMILES string of the molecule is COc1cccc(C(=O)N2CCN3C[C@H](c4ccc(Cl)cc4)CC[C@H]3C2)c1Br. The number of amides is 1. The van der Waals surface area contributed by atoms with Crippen LogP contribution in [0.3, 0.4) is 0 Å². The molecule has 0 unspecified atom stereocenters. The summed E-state index contributed by atoms with van der Waals surface area (Å²) < 4.78 is 6.07. The molecule has 4 rings (SSSR count). The summed E-state index contributed by atoms with van der Waals surface area (Å²) in [5.41, 5.74) is 2.03. The van der Waals surface area contributed by atoms with Crippen molar-refractivity contribution in [1.29, 1.82) is 0 Å². The second-order valence-corrected chi connectivity index (χ2v) is 8.78. The molecule has 2 aliphatic rings. The molecule has 2 aromatic carbocycles. The van der Waals surface area contributed by atoms with Crippen molar-refractivity contribution in [3.05, 3.63) is 63.1 Å². The molecule has 0 aliphatic carbocycles. The number of piperazine rings is 1. The van der Waals surface area contributed by atoms with Gasteiger partial charge in [0.25, 0.3) is 5.91 Å². The molecule has 1 amide bonds. The third kappa shape index (κ3) is 3.93. The van der Waals surface area contributed by atoms with Crippen LogP contribution >= 0.6 is 27.5 Å². The Bertz CT molecular complexity index is 858. The Morgan fingerprint density at radius 3 is 2.64 bits per heavy atom. The van der Waals surface area contributed by atoms with Crippen LogP contribution in [0, 0.1) is 0 Å². The van der Waals surface area contributed by atoms with Crippen LogP contribution < -0.4 is 4.74 Å². The second-order valence-electron chi connectivity index (χ2n) is 7.55. The van der Waals surface area contributed by atoms with E-state index in [-0.39, 0.29) is 5.91 Å². The van der Waals surface area contributed by atoms with Crippen molar-refractivity contribution in [3.8, 4) is 5.75 Å². The topological polar surface area (TPSA) is 32.8 Å². The number of hydrogen-bond donors (Lipinski definition) is 0. The summed E-state index contributed by atoms with van der Waals surface area (Å²) in [6.45, 7) is 3.52. The highest BCUT2D eigenvalue weighted by atomic mass is 79.9. The van der Waals surface area contributed by atoms with Crippen molar-refractivity contribution < 1.29 is 9.53 Å². The molecule has 28 heavy (non-hydrogen) atoms. The Balaban J connectivity index is 1.42. The zero-order valence-electron chi connectivity index (χ0n) is 15.9. The lowest BCUT2D eigenvalue weighted by Gasteiger charge is -2.46. The lowest BCUT2D eigenvalue weighted by Crippen LogP contribution is -2.57. The highest BCUT2D eigenvalue weighted by molar-refractivity contribution is 9.10. The molecular weight excluding hydrogens is 440 g/mol. The van der Waals surface area contributed by atoms with E-state index in [1.807, 2.05) is 35.2 Å². The molecule has 0 aromatic heterocycles. The largest absolute Gasteiger partial charge is 0.496 e. The van der Waals surface area contributed by atoms with Crippen molar-refractivity contribution in [2.45, 2.75) is 24.8 Å². The molecule has 2 saturated heterocycles. The smallest absolute Gasteiger partial charge is 0.255 e. The van der Waals surface area contributed by atoms with Crippen molar-refractivity contribution in [2.75, 3.05) is 33.3 Å². The summed E-state index contributed by atoms with van der Waals surface area (Å²) in [4.78, 5) is 17.6. The quantitative estimate of drug-likeness (QED) is 0.654. The second kappa shape index (κ2) is 8.44. The third-order valence-electron chi connectivity index (χ3n) is 5.95. The van der Waals surface area contributed by atoms with Gasteiger partial charge in [0, 0.05) is 37.2 Å². The van der Waals surface area contributed by atoms with Crippen molar-refractivity contribution in [3.63, 3.8) is 0 Å². The van der Waals surface area contributed by atoms with Crippen LogP contribution in [0.1, 0.15) is 34.7 Å². The van der Waals surface area contributed by atoms with Crippen molar-refractivity contribution in [1.82, 2.24) is 9.80 Å². The molecule has 148 valence electrons. The van der Waals surface area contributed by atoms with E-state index in [1.54, 1.807) is 7.11 Å². The standard InChI is InChI=1S/C22H24BrClN2O2/c1-28-20-4-2-3-19(21(20)23)22(27)26-12-11-25-13-16(7-10-18(25)14-26)15-5-8-17(24)9-6-15/h2-6,8-9,16,18H,7,10-14H2,1H3/t16-,18+/m1/s1. The van der Waals surface area contributed by atoms with E-state index in [4.69, 9.17) is 16.3 Å². The van der Waals surface area contributed by atoms with E-state index in [2.05, 4.69) is 33.0 Å². The number of piperidine rings is 1. The van der Waals surface area contributed by atoms with Gasteiger partial charge >= 0.3 is 0 Å².